The average Bonchev–Trinajstić information content (AvgIpc) is 2.47. The Bertz CT molecular complexity index is 786. The highest BCUT2D eigenvalue weighted by Crippen LogP contribution is 2.36. The lowest BCUT2D eigenvalue weighted by Gasteiger charge is -2.15. The summed E-state index contributed by atoms with van der Waals surface area (Å²) in [5.74, 6) is -0.674. The van der Waals surface area contributed by atoms with Gasteiger partial charge >= 0.3 is 18.4 Å². The molecule has 25 heavy (non-hydrogen) atoms. The van der Waals surface area contributed by atoms with Gasteiger partial charge in [0.05, 0.1) is 22.5 Å². The van der Waals surface area contributed by atoms with Gasteiger partial charge in [0.1, 0.15) is 5.75 Å². The van der Waals surface area contributed by atoms with Crippen LogP contribution in [-0.4, -0.2) is 11.1 Å². The molecule has 0 atom stereocenters. The summed E-state index contributed by atoms with van der Waals surface area (Å²) in [5.41, 5.74) is -3.45. The van der Waals surface area contributed by atoms with Crippen molar-refractivity contribution in [3.63, 3.8) is 0 Å². The number of rotatable bonds is 2. The minimum absolute atomic E-state index is 0.463. The van der Waals surface area contributed by atoms with E-state index in [1.807, 2.05) is 10.6 Å². The van der Waals surface area contributed by atoms with E-state index in [2.05, 4.69) is 0 Å². The summed E-state index contributed by atoms with van der Waals surface area (Å²) in [6.07, 6.45) is -9.45. The number of aromatic hydroxyl groups is 1. The number of anilines is 2. The fourth-order valence-electron chi connectivity index (χ4n) is 1.93. The third kappa shape index (κ3) is 4.55. The third-order valence-corrected chi connectivity index (χ3v) is 3.05. The fourth-order valence-corrected chi connectivity index (χ4v) is 1.93. The Morgan fingerprint density at radius 1 is 0.840 bits per heavy atom. The third-order valence-electron chi connectivity index (χ3n) is 3.05. The van der Waals surface area contributed by atoms with Gasteiger partial charge in [0, 0.05) is 0 Å². The van der Waals surface area contributed by atoms with Crippen LogP contribution in [-0.2, 0) is 12.4 Å². The summed E-state index contributed by atoms with van der Waals surface area (Å²) in [7, 11) is 0. The molecule has 2 amide bonds. The molecule has 134 valence electrons. The van der Waals surface area contributed by atoms with Gasteiger partial charge in [-0.25, -0.2) is 4.79 Å². The molecule has 0 aromatic heterocycles. The van der Waals surface area contributed by atoms with Crippen molar-refractivity contribution in [3.8, 4) is 5.75 Å². The van der Waals surface area contributed by atoms with E-state index >= 15 is 0 Å². The normalized spacial score (nSPS) is 11.9. The van der Waals surface area contributed by atoms with E-state index in [4.69, 9.17) is 0 Å². The van der Waals surface area contributed by atoms with Crippen LogP contribution in [0, 0.1) is 0 Å². The Hall–Kier alpha value is -2.91. The zero-order valence-corrected chi connectivity index (χ0v) is 12.2. The molecule has 4 nitrogen and oxygen atoms in total. The van der Waals surface area contributed by atoms with Crippen LogP contribution in [0.5, 0.6) is 5.75 Å². The van der Waals surface area contributed by atoms with E-state index in [9.17, 15) is 36.2 Å². The number of hydrogen-bond acceptors (Lipinski definition) is 2. The molecule has 10 heteroatoms. The van der Waals surface area contributed by atoms with Crippen LogP contribution in [0.15, 0.2) is 42.5 Å². The highest BCUT2D eigenvalue weighted by atomic mass is 19.4. The monoisotopic (exact) mass is 364 g/mol. The molecule has 0 saturated heterocycles. The first kappa shape index (κ1) is 18.4. The summed E-state index contributed by atoms with van der Waals surface area (Å²) >= 11 is 0. The van der Waals surface area contributed by atoms with Gasteiger partial charge in [-0.05, 0) is 30.3 Å². The maximum atomic E-state index is 12.8. The van der Waals surface area contributed by atoms with E-state index in [-0.39, 0.29) is 0 Å². The van der Waals surface area contributed by atoms with Crippen LogP contribution in [0.2, 0.25) is 0 Å². The molecule has 0 fully saturated rings. The minimum Gasteiger partial charge on any atom is -0.506 e. The van der Waals surface area contributed by atoms with Gasteiger partial charge in [-0.15, -0.1) is 0 Å². The van der Waals surface area contributed by atoms with Crippen molar-refractivity contribution < 1.29 is 36.2 Å². The first-order valence-electron chi connectivity index (χ1n) is 6.63. The first-order chi connectivity index (χ1) is 11.5. The van der Waals surface area contributed by atoms with Crippen molar-refractivity contribution in [2.75, 3.05) is 10.6 Å². The predicted molar refractivity (Wildman–Crippen MR) is 77.2 cm³/mol. The van der Waals surface area contributed by atoms with E-state index in [0.717, 1.165) is 18.2 Å². The van der Waals surface area contributed by atoms with Gasteiger partial charge in [-0.2, -0.15) is 26.3 Å². The number of hydrogen-bond donors (Lipinski definition) is 3. The molecule has 2 rings (SSSR count). The minimum atomic E-state index is -4.73. The Morgan fingerprint density at radius 3 is 2.04 bits per heavy atom. The number of urea groups is 1. The van der Waals surface area contributed by atoms with Gasteiger partial charge < -0.3 is 15.7 Å². The molecule has 0 spiro atoms. The summed E-state index contributed by atoms with van der Waals surface area (Å²) in [6.45, 7) is 0. The number of phenolic OH excluding ortho intramolecular Hbond substituents is 1. The maximum Gasteiger partial charge on any atom is 0.418 e. The predicted octanol–water partition coefficient (Wildman–Crippen LogP) is 5.07. The van der Waals surface area contributed by atoms with Gasteiger partial charge in [0.25, 0.3) is 0 Å². The molecular weight excluding hydrogens is 354 g/mol. The number of halogens is 6. The van der Waals surface area contributed by atoms with Crippen molar-refractivity contribution >= 4 is 17.4 Å². The van der Waals surface area contributed by atoms with Crippen LogP contribution in [0.4, 0.5) is 42.5 Å². The van der Waals surface area contributed by atoms with Gasteiger partial charge in [-0.3, -0.25) is 0 Å². The summed E-state index contributed by atoms with van der Waals surface area (Å²) in [6, 6.07) is 4.60. The second-order valence-corrected chi connectivity index (χ2v) is 4.85. The van der Waals surface area contributed by atoms with Crippen molar-refractivity contribution in [2.24, 2.45) is 0 Å². The Labute approximate surface area is 137 Å². The molecule has 3 N–H and O–H groups in total. The SMILES string of the molecule is O=C(Nc1cc(C(F)(F)F)ccc1O)Nc1ccccc1C(F)(F)F. The first-order valence-corrected chi connectivity index (χ1v) is 6.63. The van der Waals surface area contributed by atoms with Gasteiger partial charge in [-0.1, -0.05) is 12.1 Å². The summed E-state index contributed by atoms with van der Waals surface area (Å²) < 4.78 is 76.4. The van der Waals surface area contributed by atoms with E-state index in [1.54, 1.807) is 0 Å². The second kappa shape index (κ2) is 6.54. The van der Waals surface area contributed by atoms with Crippen molar-refractivity contribution in [1.82, 2.24) is 0 Å². The molecule has 0 unspecified atom stereocenters. The molecule has 2 aromatic rings. The van der Waals surface area contributed by atoms with Crippen molar-refractivity contribution in [1.29, 1.82) is 0 Å². The van der Waals surface area contributed by atoms with Crippen molar-refractivity contribution in [3.05, 3.63) is 53.6 Å². The Morgan fingerprint density at radius 2 is 1.44 bits per heavy atom. The number of para-hydroxylation sites is 1. The lowest BCUT2D eigenvalue weighted by molar-refractivity contribution is -0.138. The smallest absolute Gasteiger partial charge is 0.418 e. The van der Waals surface area contributed by atoms with E-state index in [1.165, 1.54) is 6.07 Å². The average molecular weight is 364 g/mol. The number of alkyl halides is 6. The highest BCUT2D eigenvalue weighted by molar-refractivity contribution is 6.01. The van der Waals surface area contributed by atoms with Crippen LogP contribution >= 0.6 is 0 Å². The number of carbonyl (C=O) groups is 1. The summed E-state index contributed by atoms with van der Waals surface area (Å²) in [4.78, 5) is 11.8. The van der Waals surface area contributed by atoms with Crippen LogP contribution in [0.25, 0.3) is 0 Å². The quantitative estimate of drug-likeness (QED) is 0.514. The molecule has 0 saturated carbocycles. The van der Waals surface area contributed by atoms with Crippen LogP contribution in [0.1, 0.15) is 11.1 Å². The number of carbonyl (C=O) groups excluding carboxylic acids is 1. The Balaban J connectivity index is 2.22. The zero-order chi connectivity index (χ0) is 18.8. The largest absolute Gasteiger partial charge is 0.506 e. The summed E-state index contributed by atoms with van der Waals surface area (Å²) in [5, 5.41) is 13.3. The molecule has 0 radical (unpaired) electrons. The topological polar surface area (TPSA) is 61.4 Å². The standard InChI is InChI=1S/C15H10F6N2O2/c16-14(17,18)8-5-6-12(24)11(7-8)23-13(25)22-10-4-2-1-3-9(10)15(19,20)21/h1-7,24H,(H2,22,23,25). The second-order valence-electron chi connectivity index (χ2n) is 4.85. The van der Waals surface area contributed by atoms with Crippen LogP contribution in [0.3, 0.4) is 0 Å². The van der Waals surface area contributed by atoms with Crippen molar-refractivity contribution in [2.45, 2.75) is 12.4 Å². The molecule has 0 heterocycles. The number of benzene rings is 2. The highest BCUT2D eigenvalue weighted by Gasteiger charge is 2.34. The molecule has 0 aliphatic rings. The molecule has 0 aliphatic carbocycles. The van der Waals surface area contributed by atoms with Gasteiger partial charge in [0.15, 0.2) is 0 Å². The lowest BCUT2D eigenvalue weighted by Crippen LogP contribution is -2.22. The maximum absolute atomic E-state index is 12.8. The molecule has 0 bridgehead atoms. The van der Waals surface area contributed by atoms with Gasteiger partial charge in [0.2, 0.25) is 0 Å². The number of nitrogens with one attached hydrogen (secondary N) is 2. The number of phenols is 1. The van der Waals surface area contributed by atoms with Crippen LogP contribution < -0.4 is 10.6 Å². The lowest BCUT2D eigenvalue weighted by atomic mass is 10.1. The Kier molecular flexibility index (Phi) is 4.82. The van der Waals surface area contributed by atoms with E-state index in [0.29, 0.717) is 18.2 Å². The molecular formula is C15H10F6N2O2. The zero-order valence-electron chi connectivity index (χ0n) is 12.2. The number of amides is 2. The molecule has 2 aromatic carbocycles. The fraction of sp³-hybridized carbons (Fsp3) is 0.133. The molecule has 0 aliphatic heterocycles. The van der Waals surface area contributed by atoms with E-state index < -0.39 is 46.6 Å².